The fraction of sp³-hybridized carbons (Fsp3) is 0.652. The number of aliphatic hydroxyl groups excluding tert-OH is 1. The van der Waals surface area contributed by atoms with Gasteiger partial charge in [-0.2, -0.15) is 0 Å². The van der Waals surface area contributed by atoms with Crippen LogP contribution in [0.1, 0.15) is 43.2 Å². The Morgan fingerprint density at radius 1 is 1.07 bits per heavy atom. The summed E-state index contributed by atoms with van der Waals surface area (Å²) in [6.45, 7) is 5.52. The summed E-state index contributed by atoms with van der Waals surface area (Å²) in [4.78, 5) is 20.7. The minimum atomic E-state index is -0.120. The van der Waals surface area contributed by atoms with Crippen molar-refractivity contribution in [2.24, 2.45) is 10.9 Å². The van der Waals surface area contributed by atoms with E-state index in [9.17, 15) is 9.90 Å². The Morgan fingerprint density at radius 2 is 1.70 bits per heavy atom. The molecule has 1 aromatic carbocycles. The summed E-state index contributed by atoms with van der Waals surface area (Å²) in [6.07, 6.45) is 4.31. The Bertz CT molecular complexity index is 690. The second kappa shape index (κ2) is 11.3. The molecule has 2 aliphatic heterocycles. The van der Waals surface area contributed by atoms with Crippen LogP contribution in [0.5, 0.6) is 0 Å². The Hall–Kier alpha value is -2.12. The van der Waals surface area contributed by atoms with Crippen molar-refractivity contribution in [2.45, 2.75) is 51.3 Å². The lowest BCUT2D eigenvalue weighted by Gasteiger charge is -2.34. The number of hydrogen-bond acceptors (Lipinski definition) is 4. The minimum absolute atomic E-state index is 0.120. The second-order valence-electron chi connectivity index (χ2n) is 8.53. The normalized spacial score (nSPS) is 19.7. The van der Waals surface area contributed by atoms with Crippen LogP contribution in [-0.2, 0) is 17.9 Å². The first-order valence-electron chi connectivity index (χ1n) is 11.2. The summed E-state index contributed by atoms with van der Waals surface area (Å²) in [5.74, 6) is 1.54. The Kier molecular flexibility index (Phi) is 8.51. The molecule has 3 N–H and O–H groups in total. The van der Waals surface area contributed by atoms with Gasteiger partial charge in [0.2, 0.25) is 5.91 Å². The molecule has 0 spiro atoms. The molecule has 0 aliphatic carbocycles. The number of benzene rings is 1. The lowest BCUT2D eigenvalue weighted by Crippen LogP contribution is -2.45. The highest BCUT2D eigenvalue weighted by molar-refractivity contribution is 5.80. The summed E-state index contributed by atoms with van der Waals surface area (Å²) in [5.41, 5.74) is 2.56. The average molecular weight is 416 g/mol. The van der Waals surface area contributed by atoms with Crippen molar-refractivity contribution in [2.75, 3.05) is 40.3 Å². The Balaban J connectivity index is 1.42. The minimum Gasteiger partial charge on any atom is -0.393 e. The Labute approximate surface area is 180 Å². The number of likely N-dealkylation sites (tertiary alicyclic amines) is 2. The molecule has 2 fully saturated rings. The van der Waals surface area contributed by atoms with Crippen LogP contribution >= 0.6 is 0 Å². The summed E-state index contributed by atoms with van der Waals surface area (Å²) in [7, 11) is 3.53. The number of nitrogens with zero attached hydrogens (tertiary/aromatic N) is 3. The molecule has 1 aromatic rings. The highest BCUT2D eigenvalue weighted by Gasteiger charge is 2.23. The number of rotatable bonds is 6. The molecule has 2 saturated heterocycles. The number of guanidine groups is 1. The number of carbonyl (C=O) groups excluding carboxylic acids is 1. The van der Waals surface area contributed by atoms with Crippen molar-refractivity contribution < 1.29 is 9.90 Å². The van der Waals surface area contributed by atoms with Crippen molar-refractivity contribution in [3.8, 4) is 0 Å². The Morgan fingerprint density at radius 3 is 2.30 bits per heavy atom. The largest absolute Gasteiger partial charge is 0.393 e. The molecule has 1 amide bonds. The number of amides is 1. The van der Waals surface area contributed by atoms with Gasteiger partial charge in [-0.05, 0) is 42.7 Å². The zero-order valence-corrected chi connectivity index (χ0v) is 18.4. The van der Waals surface area contributed by atoms with Crippen molar-refractivity contribution in [3.63, 3.8) is 0 Å². The van der Waals surface area contributed by atoms with Crippen molar-refractivity contribution >= 4 is 11.9 Å². The third-order valence-corrected chi connectivity index (χ3v) is 6.32. The van der Waals surface area contributed by atoms with E-state index in [4.69, 9.17) is 0 Å². The maximum Gasteiger partial charge on any atom is 0.220 e. The fourth-order valence-electron chi connectivity index (χ4n) is 4.32. The number of nitrogens with one attached hydrogen (secondary N) is 2. The molecule has 0 saturated carbocycles. The lowest BCUT2D eigenvalue weighted by atomic mass is 9.93. The molecular formula is C23H37N5O2. The summed E-state index contributed by atoms with van der Waals surface area (Å²) in [5, 5.41) is 15.9. The van der Waals surface area contributed by atoms with Crippen molar-refractivity contribution in [3.05, 3.63) is 35.4 Å². The standard InChI is InChI=1S/C23H37N5O2/c1-24-22(30)15-18-7-13-28(14-8-18)23(25-2)26-16-19-3-5-20(6-4-19)17-27-11-9-21(29)10-12-27/h3-6,18,21,29H,7-17H2,1-2H3,(H,24,30)(H,25,26). The molecule has 0 unspecified atom stereocenters. The highest BCUT2D eigenvalue weighted by atomic mass is 16.3. The monoisotopic (exact) mass is 415 g/mol. The zero-order chi connectivity index (χ0) is 21.3. The van der Waals surface area contributed by atoms with Gasteiger partial charge in [-0.15, -0.1) is 0 Å². The molecular weight excluding hydrogens is 378 g/mol. The number of carbonyl (C=O) groups is 1. The second-order valence-corrected chi connectivity index (χ2v) is 8.53. The van der Waals surface area contributed by atoms with Crippen LogP contribution in [0.4, 0.5) is 0 Å². The molecule has 0 aromatic heterocycles. The molecule has 0 bridgehead atoms. The summed E-state index contributed by atoms with van der Waals surface area (Å²) in [6, 6.07) is 8.78. The topological polar surface area (TPSA) is 80.2 Å². The highest BCUT2D eigenvalue weighted by Crippen LogP contribution is 2.20. The maximum atomic E-state index is 11.6. The van der Waals surface area contributed by atoms with Gasteiger partial charge >= 0.3 is 0 Å². The predicted octanol–water partition coefficient (Wildman–Crippen LogP) is 1.57. The molecule has 3 rings (SSSR count). The van der Waals surface area contributed by atoms with Crippen LogP contribution in [0.25, 0.3) is 0 Å². The van der Waals surface area contributed by atoms with Gasteiger partial charge < -0.3 is 20.6 Å². The first-order chi connectivity index (χ1) is 14.6. The van der Waals surface area contributed by atoms with Gasteiger partial charge in [-0.3, -0.25) is 14.7 Å². The van der Waals surface area contributed by atoms with Crippen molar-refractivity contribution in [1.82, 2.24) is 20.4 Å². The van der Waals surface area contributed by atoms with Gasteiger partial charge in [-0.25, -0.2) is 0 Å². The molecule has 166 valence electrons. The SMILES string of the molecule is CN=C(NCc1ccc(CN2CCC(O)CC2)cc1)N1CCC(CC(=O)NC)CC1. The molecule has 0 radical (unpaired) electrons. The lowest BCUT2D eigenvalue weighted by molar-refractivity contribution is -0.121. The van der Waals surface area contributed by atoms with Crippen LogP contribution < -0.4 is 10.6 Å². The third-order valence-electron chi connectivity index (χ3n) is 6.32. The first-order valence-corrected chi connectivity index (χ1v) is 11.2. The van der Waals surface area contributed by atoms with Crippen LogP contribution in [0.3, 0.4) is 0 Å². The number of piperidine rings is 2. The van der Waals surface area contributed by atoms with Crippen LogP contribution in [0, 0.1) is 5.92 Å². The predicted molar refractivity (Wildman–Crippen MR) is 120 cm³/mol. The first kappa shape index (κ1) is 22.6. The fourth-order valence-corrected chi connectivity index (χ4v) is 4.32. The van der Waals surface area contributed by atoms with Crippen molar-refractivity contribution in [1.29, 1.82) is 0 Å². The van der Waals surface area contributed by atoms with Gasteiger partial charge in [0.25, 0.3) is 0 Å². The van der Waals surface area contributed by atoms with E-state index in [0.29, 0.717) is 12.3 Å². The van der Waals surface area contributed by atoms with Gasteiger partial charge in [0.05, 0.1) is 6.10 Å². The number of hydrogen-bond donors (Lipinski definition) is 3. The van der Waals surface area contributed by atoms with Crippen LogP contribution in [0.15, 0.2) is 29.3 Å². The van der Waals surface area contributed by atoms with Gasteiger partial charge in [-0.1, -0.05) is 24.3 Å². The molecule has 2 heterocycles. The van der Waals surface area contributed by atoms with E-state index >= 15 is 0 Å². The zero-order valence-electron chi connectivity index (χ0n) is 18.4. The molecule has 7 nitrogen and oxygen atoms in total. The van der Waals surface area contributed by atoms with E-state index in [1.165, 1.54) is 11.1 Å². The van der Waals surface area contributed by atoms with E-state index in [1.54, 1.807) is 7.05 Å². The third kappa shape index (κ3) is 6.71. The molecule has 2 aliphatic rings. The maximum absolute atomic E-state index is 11.6. The van der Waals surface area contributed by atoms with E-state index in [1.807, 2.05) is 7.05 Å². The smallest absolute Gasteiger partial charge is 0.220 e. The number of aliphatic hydroxyl groups is 1. The molecule has 7 heteroatoms. The van der Waals surface area contributed by atoms with Gasteiger partial charge in [0.1, 0.15) is 0 Å². The number of aliphatic imine (C=N–C) groups is 1. The van der Waals surface area contributed by atoms with Gasteiger partial charge in [0.15, 0.2) is 5.96 Å². The summed E-state index contributed by atoms with van der Waals surface area (Å²) >= 11 is 0. The van der Waals surface area contributed by atoms with Crippen LogP contribution in [0.2, 0.25) is 0 Å². The quantitative estimate of drug-likeness (QED) is 0.485. The van der Waals surface area contributed by atoms with E-state index in [-0.39, 0.29) is 12.0 Å². The van der Waals surface area contributed by atoms with E-state index < -0.39 is 0 Å². The molecule has 30 heavy (non-hydrogen) atoms. The average Bonchev–Trinajstić information content (AvgIpc) is 2.78. The van der Waals surface area contributed by atoms with E-state index in [0.717, 1.165) is 70.9 Å². The van der Waals surface area contributed by atoms with Crippen LogP contribution in [-0.4, -0.2) is 73.2 Å². The van der Waals surface area contributed by atoms with Gasteiger partial charge in [0, 0.05) is 59.8 Å². The van der Waals surface area contributed by atoms with E-state index in [2.05, 4.69) is 49.7 Å². The summed E-state index contributed by atoms with van der Waals surface area (Å²) < 4.78 is 0. The molecule has 0 atom stereocenters.